The third-order valence-corrected chi connectivity index (χ3v) is 4.62. The van der Waals surface area contributed by atoms with Gasteiger partial charge >= 0.3 is 0 Å². The Hall–Kier alpha value is -1.74. The Labute approximate surface area is 124 Å². The molecule has 0 amide bonds. The van der Waals surface area contributed by atoms with Crippen molar-refractivity contribution in [2.45, 2.75) is 4.90 Å². The van der Waals surface area contributed by atoms with Gasteiger partial charge in [0.2, 0.25) is 0 Å². The number of nitrogens with two attached hydrogens (primary N) is 1. The summed E-state index contributed by atoms with van der Waals surface area (Å²) < 4.78 is 34.3. The molecule has 0 bridgehead atoms. The lowest BCUT2D eigenvalue weighted by atomic mass is 10.3. The van der Waals surface area contributed by atoms with Gasteiger partial charge in [-0.3, -0.25) is 9.40 Å². The van der Waals surface area contributed by atoms with Crippen molar-refractivity contribution in [3.8, 4) is 5.75 Å². The molecule has 0 atom stereocenters. The first-order valence-electron chi connectivity index (χ1n) is 5.48. The van der Waals surface area contributed by atoms with Crippen molar-refractivity contribution in [3.63, 3.8) is 0 Å². The van der Waals surface area contributed by atoms with Crippen molar-refractivity contribution < 1.29 is 13.2 Å². The lowest BCUT2D eigenvalue weighted by Crippen LogP contribution is -2.14. The summed E-state index contributed by atoms with van der Waals surface area (Å²) in [5, 5.41) is 3.89. The number of aryl methyl sites for hydroxylation is 1. The smallest absolute Gasteiger partial charge is 0.265 e. The number of hydrogen-bond acceptors (Lipinski definition) is 5. The normalized spacial score (nSPS) is 11.3. The number of halogens is 1. The van der Waals surface area contributed by atoms with Gasteiger partial charge in [-0.05, 0) is 28.1 Å². The van der Waals surface area contributed by atoms with Crippen molar-refractivity contribution in [3.05, 3.63) is 29.0 Å². The Bertz CT molecular complexity index is 742. The molecule has 1 heterocycles. The van der Waals surface area contributed by atoms with Crippen LogP contribution in [-0.4, -0.2) is 25.3 Å². The zero-order chi connectivity index (χ0) is 14.9. The lowest BCUT2D eigenvalue weighted by molar-refractivity contribution is 0.402. The molecule has 2 rings (SSSR count). The van der Waals surface area contributed by atoms with E-state index in [0.29, 0.717) is 15.8 Å². The fraction of sp³-hybridized carbons (Fsp3) is 0.182. The van der Waals surface area contributed by atoms with Crippen LogP contribution >= 0.6 is 15.9 Å². The predicted octanol–water partition coefficient (Wildman–Crippen LogP) is 1.57. The summed E-state index contributed by atoms with van der Waals surface area (Å²) in [5.74, 6) is 0.197. The number of ether oxygens (including phenoxy) is 1. The summed E-state index contributed by atoms with van der Waals surface area (Å²) in [6, 6.07) is 2.84. The van der Waals surface area contributed by atoms with Crippen LogP contribution in [0.3, 0.4) is 0 Å². The van der Waals surface area contributed by atoms with Gasteiger partial charge in [-0.25, -0.2) is 8.42 Å². The first-order valence-corrected chi connectivity index (χ1v) is 7.75. The zero-order valence-electron chi connectivity index (χ0n) is 10.8. The second kappa shape index (κ2) is 5.33. The molecule has 0 aliphatic rings. The molecule has 9 heteroatoms. The lowest BCUT2D eigenvalue weighted by Gasteiger charge is -2.12. The molecule has 0 unspecified atom stereocenters. The molecule has 3 N–H and O–H groups in total. The summed E-state index contributed by atoms with van der Waals surface area (Å²) in [6.07, 6.45) is 2.96. The van der Waals surface area contributed by atoms with Crippen LogP contribution in [0.1, 0.15) is 0 Å². The maximum absolute atomic E-state index is 12.4. The fourth-order valence-corrected chi connectivity index (χ4v) is 3.14. The van der Waals surface area contributed by atoms with Crippen LogP contribution in [-0.2, 0) is 17.1 Å². The number of benzene rings is 1. The van der Waals surface area contributed by atoms with Gasteiger partial charge in [0.1, 0.15) is 10.6 Å². The molecule has 20 heavy (non-hydrogen) atoms. The van der Waals surface area contributed by atoms with Crippen molar-refractivity contribution in [2.75, 3.05) is 17.6 Å². The van der Waals surface area contributed by atoms with Gasteiger partial charge in [-0.1, -0.05) is 0 Å². The Morgan fingerprint density at radius 2 is 2.15 bits per heavy atom. The quantitative estimate of drug-likeness (QED) is 0.806. The summed E-state index contributed by atoms with van der Waals surface area (Å²) in [6.45, 7) is 0. The maximum Gasteiger partial charge on any atom is 0.265 e. The Balaban J connectivity index is 2.46. The molecule has 0 saturated carbocycles. The van der Waals surface area contributed by atoms with Crippen LogP contribution in [0.15, 0.2) is 33.9 Å². The second-order valence-electron chi connectivity index (χ2n) is 4.03. The topological polar surface area (TPSA) is 99.2 Å². The second-order valence-corrected chi connectivity index (χ2v) is 6.54. The first-order chi connectivity index (χ1) is 9.33. The van der Waals surface area contributed by atoms with E-state index >= 15 is 0 Å². The van der Waals surface area contributed by atoms with E-state index in [4.69, 9.17) is 10.5 Å². The number of methoxy groups -OCH3 is 1. The number of aromatic nitrogens is 2. The van der Waals surface area contributed by atoms with E-state index in [9.17, 15) is 8.42 Å². The summed E-state index contributed by atoms with van der Waals surface area (Å²) >= 11 is 3.22. The molecule has 1 aromatic carbocycles. The largest absolute Gasteiger partial charge is 0.495 e. The number of nitrogens with one attached hydrogen (secondary N) is 1. The molecule has 0 aliphatic carbocycles. The van der Waals surface area contributed by atoms with E-state index in [1.54, 1.807) is 13.2 Å². The molecule has 0 spiro atoms. The molecule has 7 nitrogen and oxygen atoms in total. The molecule has 0 saturated heterocycles. The number of anilines is 2. The van der Waals surface area contributed by atoms with Crippen molar-refractivity contribution in [2.24, 2.45) is 7.05 Å². The average molecular weight is 361 g/mol. The van der Waals surface area contributed by atoms with E-state index in [1.807, 2.05) is 0 Å². The maximum atomic E-state index is 12.4. The number of sulfonamides is 1. The minimum absolute atomic E-state index is 0.0375. The van der Waals surface area contributed by atoms with Gasteiger partial charge in [0.05, 0.1) is 19.0 Å². The zero-order valence-corrected chi connectivity index (χ0v) is 13.2. The van der Waals surface area contributed by atoms with Gasteiger partial charge in [0.15, 0.2) is 0 Å². The molecule has 2 aromatic rings. The van der Waals surface area contributed by atoms with Gasteiger partial charge in [0, 0.05) is 23.4 Å². The van der Waals surface area contributed by atoms with Crippen LogP contribution in [0.4, 0.5) is 11.4 Å². The van der Waals surface area contributed by atoms with Crippen LogP contribution in [0.2, 0.25) is 0 Å². The molecule has 108 valence electrons. The highest BCUT2D eigenvalue weighted by atomic mass is 79.9. The highest BCUT2D eigenvalue weighted by molar-refractivity contribution is 9.10. The summed E-state index contributed by atoms with van der Waals surface area (Å²) in [5.41, 5.74) is 6.39. The SMILES string of the molecule is COc1cc(Br)c(N)cc1S(=O)(=O)Nc1cnn(C)c1. The fourth-order valence-electron chi connectivity index (χ4n) is 1.60. The first kappa shape index (κ1) is 14.7. The standard InChI is InChI=1S/C11H13BrN4O3S/c1-16-6-7(5-14-16)15-20(17,18)11-4-9(13)8(12)3-10(11)19-2/h3-6,15H,13H2,1-2H3. The third-order valence-electron chi connectivity index (χ3n) is 2.53. The van der Waals surface area contributed by atoms with E-state index in [0.717, 1.165) is 0 Å². The molecular formula is C11H13BrN4O3S. The van der Waals surface area contributed by atoms with E-state index < -0.39 is 10.0 Å². The highest BCUT2D eigenvalue weighted by Gasteiger charge is 2.21. The van der Waals surface area contributed by atoms with Crippen molar-refractivity contribution in [1.29, 1.82) is 0 Å². The van der Waals surface area contributed by atoms with E-state index in [-0.39, 0.29) is 10.6 Å². The Morgan fingerprint density at radius 1 is 1.45 bits per heavy atom. The van der Waals surface area contributed by atoms with Gasteiger partial charge in [-0.2, -0.15) is 5.10 Å². The molecule has 0 aliphatic heterocycles. The Kier molecular flexibility index (Phi) is 3.91. The van der Waals surface area contributed by atoms with E-state index in [2.05, 4.69) is 25.8 Å². The van der Waals surface area contributed by atoms with Crippen LogP contribution in [0, 0.1) is 0 Å². The van der Waals surface area contributed by atoms with Gasteiger partial charge < -0.3 is 10.5 Å². The molecule has 1 aromatic heterocycles. The Morgan fingerprint density at radius 3 is 2.70 bits per heavy atom. The average Bonchev–Trinajstić information content (AvgIpc) is 2.76. The summed E-state index contributed by atoms with van der Waals surface area (Å²) in [4.78, 5) is -0.0375. The predicted molar refractivity (Wildman–Crippen MR) is 79.1 cm³/mol. The van der Waals surface area contributed by atoms with Crippen LogP contribution in [0.5, 0.6) is 5.75 Å². The molecular weight excluding hydrogens is 348 g/mol. The van der Waals surface area contributed by atoms with Crippen molar-refractivity contribution >= 4 is 37.3 Å². The minimum Gasteiger partial charge on any atom is -0.495 e. The number of nitrogens with zero attached hydrogens (tertiary/aromatic N) is 2. The third kappa shape index (κ3) is 2.88. The summed E-state index contributed by atoms with van der Waals surface area (Å²) in [7, 11) is -0.731. The minimum atomic E-state index is -3.81. The van der Waals surface area contributed by atoms with E-state index in [1.165, 1.54) is 30.1 Å². The van der Waals surface area contributed by atoms with Gasteiger partial charge in [0.25, 0.3) is 10.0 Å². The monoisotopic (exact) mass is 360 g/mol. The molecule has 0 fully saturated rings. The number of nitrogen functional groups attached to an aromatic ring is 1. The molecule has 0 radical (unpaired) electrons. The number of rotatable bonds is 4. The van der Waals surface area contributed by atoms with Crippen molar-refractivity contribution in [1.82, 2.24) is 9.78 Å². The highest BCUT2D eigenvalue weighted by Crippen LogP contribution is 2.33. The van der Waals surface area contributed by atoms with Crippen LogP contribution in [0.25, 0.3) is 0 Å². The van der Waals surface area contributed by atoms with Crippen LogP contribution < -0.4 is 15.2 Å². The number of hydrogen-bond donors (Lipinski definition) is 2. The van der Waals surface area contributed by atoms with Gasteiger partial charge in [-0.15, -0.1) is 0 Å².